The van der Waals surface area contributed by atoms with Gasteiger partial charge in [-0.3, -0.25) is 9.59 Å². The second kappa shape index (κ2) is 11.9. The Morgan fingerprint density at radius 2 is 1.98 bits per heavy atom. The van der Waals surface area contributed by atoms with Crippen molar-refractivity contribution in [1.29, 1.82) is 0 Å². The number of anilines is 2. The SMILES string of the molecule is CCc1c(-c2ccccc2N)c(=O)n2nc(C3=CCOCC3)nc2n1CC(=O)Nc1ccc(C(F)(F)F)cc1Cl.Cl. The number of hydrogen-bond acceptors (Lipinski definition) is 6. The van der Waals surface area contributed by atoms with Crippen LogP contribution in [0.3, 0.4) is 0 Å². The van der Waals surface area contributed by atoms with Crippen LogP contribution >= 0.6 is 24.0 Å². The van der Waals surface area contributed by atoms with Gasteiger partial charge in [-0.1, -0.05) is 42.8 Å². The van der Waals surface area contributed by atoms with Gasteiger partial charge in [-0.2, -0.15) is 22.7 Å². The molecule has 0 unspecified atom stereocenters. The molecule has 2 aromatic heterocycles. The zero-order chi connectivity index (χ0) is 28.6. The largest absolute Gasteiger partial charge is 0.416 e. The Hall–Kier alpha value is -3.87. The molecule has 14 heteroatoms. The first-order valence-corrected chi connectivity index (χ1v) is 12.8. The molecule has 1 aliphatic heterocycles. The summed E-state index contributed by atoms with van der Waals surface area (Å²) in [6.07, 6.45) is -1.85. The lowest BCUT2D eigenvalue weighted by atomic mass is 10.0. The summed E-state index contributed by atoms with van der Waals surface area (Å²) in [4.78, 5) is 31.6. The number of carbonyl (C=O) groups excluding carboxylic acids is 1. The van der Waals surface area contributed by atoms with Crippen molar-refractivity contribution in [3.63, 3.8) is 0 Å². The second-order valence-electron chi connectivity index (χ2n) is 9.10. The van der Waals surface area contributed by atoms with Gasteiger partial charge in [0.15, 0.2) is 5.82 Å². The summed E-state index contributed by atoms with van der Waals surface area (Å²) < 4.78 is 47.2. The minimum atomic E-state index is -4.58. The number of fused-ring (bicyclic) bond motifs is 1. The summed E-state index contributed by atoms with van der Waals surface area (Å²) in [5, 5.41) is 6.77. The quantitative estimate of drug-likeness (QED) is 0.289. The number of nitrogens with two attached hydrogens (primary N) is 1. The number of ether oxygens (including phenoxy) is 1. The maximum Gasteiger partial charge on any atom is 0.416 e. The zero-order valence-electron chi connectivity index (χ0n) is 21.7. The monoisotopic (exact) mass is 608 g/mol. The molecule has 9 nitrogen and oxygen atoms in total. The van der Waals surface area contributed by atoms with E-state index in [9.17, 15) is 22.8 Å². The zero-order valence-corrected chi connectivity index (χ0v) is 23.2. The van der Waals surface area contributed by atoms with Crippen LogP contribution in [0, 0.1) is 0 Å². The van der Waals surface area contributed by atoms with Crippen molar-refractivity contribution >= 4 is 52.6 Å². The highest BCUT2D eigenvalue weighted by Gasteiger charge is 2.31. The topological polar surface area (TPSA) is 117 Å². The predicted molar refractivity (Wildman–Crippen MR) is 152 cm³/mol. The Balaban J connectivity index is 0.00000387. The smallest absolute Gasteiger partial charge is 0.398 e. The van der Waals surface area contributed by atoms with Gasteiger partial charge in [0.1, 0.15) is 6.54 Å². The van der Waals surface area contributed by atoms with Crippen molar-refractivity contribution in [1.82, 2.24) is 19.2 Å². The van der Waals surface area contributed by atoms with Crippen LogP contribution in [0.2, 0.25) is 5.02 Å². The summed E-state index contributed by atoms with van der Waals surface area (Å²) in [7, 11) is 0. The summed E-state index contributed by atoms with van der Waals surface area (Å²) in [6.45, 7) is 2.36. The van der Waals surface area contributed by atoms with Crippen molar-refractivity contribution in [2.75, 3.05) is 24.3 Å². The number of halogens is 5. The van der Waals surface area contributed by atoms with Crippen molar-refractivity contribution in [3.05, 3.63) is 81.0 Å². The average molecular weight is 609 g/mol. The van der Waals surface area contributed by atoms with E-state index in [0.717, 1.165) is 28.3 Å². The Morgan fingerprint density at radius 3 is 2.61 bits per heavy atom. The lowest BCUT2D eigenvalue weighted by Crippen LogP contribution is -2.29. The van der Waals surface area contributed by atoms with Crippen LogP contribution < -0.4 is 16.6 Å². The molecule has 0 aliphatic carbocycles. The fourth-order valence-electron chi connectivity index (χ4n) is 4.62. The maximum atomic E-state index is 13.8. The van der Waals surface area contributed by atoms with Gasteiger partial charge in [-0.15, -0.1) is 17.5 Å². The first kappa shape index (κ1) is 30.1. The first-order valence-electron chi connectivity index (χ1n) is 12.4. The third-order valence-electron chi connectivity index (χ3n) is 6.54. The second-order valence-corrected chi connectivity index (χ2v) is 9.50. The Bertz CT molecular complexity index is 1720. The molecule has 41 heavy (non-hydrogen) atoms. The molecule has 0 saturated carbocycles. The summed E-state index contributed by atoms with van der Waals surface area (Å²) >= 11 is 6.05. The van der Waals surface area contributed by atoms with E-state index in [0.29, 0.717) is 48.8 Å². The van der Waals surface area contributed by atoms with E-state index in [1.54, 1.807) is 28.8 Å². The molecule has 0 atom stereocenters. The number of para-hydroxylation sites is 1. The van der Waals surface area contributed by atoms with Crippen molar-refractivity contribution in [2.45, 2.75) is 32.5 Å². The van der Waals surface area contributed by atoms with Crippen molar-refractivity contribution < 1.29 is 22.7 Å². The van der Waals surface area contributed by atoms with Crippen molar-refractivity contribution in [3.8, 4) is 11.1 Å². The van der Waals surface area contributed by atoms with E-state index in [1.807, 2.05) is 13.0 Å². The number of alkyl halides is 3. The third kappa shape index (κ3) is 5.95. The Kier molecular flexibility index (Phi) is 8.76. The number of nitrogens with one attached hydrogen (secondary N) is 1. The van der Waals surface area contributed by atoms with E-state index in [1.165, 1.54) is 0 Å². The molecule has 3 N–H and O–H groups in total. The lowest BCUT2D eigenvalue weighted by Gasteiger charge is -2.18. The molecule has 216 valence electrons. The van der Waals surface area contributed by atoms with E-state index in [-0.39, 0.29) is 41.0 Å². The van der Waals surface area contributed by atoms with E-state index >= 15 is 0 Å². The minimum Gasteiger partial charge on any atom is -0.398 e. The predicted octanol–water partition coefficient (Wildman–Crippen LogP) is 5.24. The average Bonchev–Trinajstić information content (AvgIpc) is 3.38. The summed E-state index contributed by atoms with van der Waals surface area (Å²) in [6, 6.07) is 9.54. The fourth-order valence-corrected chi connectivity index (χ4v) is 4.85. The van der Waals surface area contributed by atoms with Crippen LogP contribution in [0.5, 0.6) is 0 Å². The van der Waals surface area contributed by atoms with Gasteiger partial charge >= 0.3 is 6.18 Å². The highest BCUT2D eigenvalue weighted by Crippen LogP contribution is 2.34. The third-order valence-corrected chi connectivity index (χ3v) is 6.85. The number of carbonyl (C=O) groups is 1. The molecular formula is C27H25Cl2F3N6O3. The normalized spacial score (nSPS) is 13.5. The lowest BCUT2D eigenvalue weighted by molar-refractivity contribution is -0.137. The molecular weight excluding hydrogens is 584 g/mol. The van der Waals surface area contributed by atoms with Crippen LogP contribution in [0.1, 0.15) is 30.4 Å². The number of rotatable bonds is 6. The van der Waals surface area contributed by atoms with E-state index in [4.69, 9.17) is 22.1 Å². The number of amides is 1. The minimum absolute atomic E-state index is 0. The Morgan fingerprint density at radius 1 is 1.22 bits per heavy atom. The standard InChI is InChI=1S/C27H24ClF3N6O3.ClH/c1-2-21-23(17-5-3-4-6-19(17)32)25(39)37-26(34-24(35-37)15-9-11-40-12-10-15)36(21)14-22(38)33-20-8-7-16(13-18(20)28)27(29,30)31;/h3-9,13H,2,10-12,14,32H2,1H3,(H,33,38);1H. The summed E-state index contributed by atoms with van der Waals surface area (Å²) in [5.41, 5.74) is 7.28. The number of hydrogen-bond donors (Lipinski definition) is 2. The molecule has 1 amide bonds. The van der Waals surface area contributed by atoms with Gasteiger partial charge in [-0.25, -0.2) is 0 Å². The summed E-state index contributed by atoms with van der Waals surface area (Å²) in [5.74, 6) is -0.125. The van der Waals surface area contributed by atoms with Gasteiger partial charge in [0, 0.05) is 16.9 Å². The van der Waals surface area contributed by atoms with Gasteiger partial charge in [0.05, 0.1) is 35.1 Å². The molecule has 0 bridgehead atoms. The van der Waals surface area contributed by atoms with Crippen LogP contribution in [0.15, 0.2) is 53.3 Å². The van der Waals surface area contributed by atoms with Gasteiger partial charge in [-0.05, 0) is 42.7 Å². The van der Waals surface area contributed by atoms with E-state index in [2.05, 4.69) is 15.4 Å². The molecule has 0 spiro atoms. The van der Waals surface area contributed by atoms with Gasteiger partial charge < -0.3 is 20.4 Å². The number of nitrogens with zero attached hydrogens (tertiary/aromatic N) is 4. The molecule has 2 aromatic carbocycles. The highest BCUT2D eigenvalue weighted by molar-refractivity contribution is 6.33. The molecule has 1 aliphatic rings. The Labute approximate surface area is 243 Å². The first-order chi connectivity index (χ1) is 19.1. The van der Waals surface area contributed by atoms with E-state index < -0.39 is 23.2 Å². The maximum absolute atomic E-state index is 13.8. The number of aromatic nitrogens is 4. The molecule has 0 fully saturated rings. The number of benzene rings is 2. The molecule has 0 radical (unpaired) electrons. The van der Waals surface area contributed by atoms with Crippen LogP contribution in [-0.4, -0.2) is 38.3 Å². The highest BCUT2D eigenvalue weighted by atomic mass is 35.5. The molecule has 3 heterocycles. The fraction of sp³-hybridized carbons (Fsp3) is 0.259. The molecule has 5 rings (SSSR count). The molecule has 0 saturated heterocycles. The molecule has 4 aromatic rings. The van der Waals surface area contributed by atoms with Gasteiger partial charge in [0.25, 0.3) is 5.56 Å². The van der Waals surface area contributed by atoms with Crippen LogP contribution in [0.25, 0.3) is 22.5 Å². The van der Waals surface area contributed by atoms with Crippen LogP contribution in [0.4, 0.5) is 24.5 Å². The van der Waals surface area contributed by atoms with Crippen molar-refractivity contribution in [2.24, 2.45) is 0 Å². The number of nitrogen functional groups attached to an aromatic ring is 1. The van der Waals surface area contributed by atoms with Crippen LogP contribution in [-0.2, 0) is 28.7 Å². The van der Waals surface area contributed by atoms with Gasteiger partial charge in [0.2, 0.25) is 11.7 Å².